The van der Waals surface area contributed by atoms with Gasteiger partial charge >= 0.3 is 5.97 Å². The second-order valence-electron chi connectivity index (χ2n) is 9.65. The number of hydrogen-bond acceptors (Lipinski definition) is 5. The van der Waals surface area contributed by atoms with Crippen molar-refractivity contribution in [3.8, 4) is 0 Å². The zero-order valence-corrected chi connectivity index (χ0v) is 21.6. The van der Waals surface area contributed by atoms with Crippen molar-refractivity contribution in [1.29, 1.82) is 0 Å². The number of halogens is 1. The lowest BCUT2D eigenvalue weighted by Crippen LogP contribution is -2.59. The molecular formula is C25H32ClN3O5S. The Balaban J connectivity index is 1.61. The molecule has 1 atom stereocenters. The molecule has 2 aromatic carbocycles. The van der Waals surface area contributed by atoms with Crippen LogP contribution in [0.4, 0.5) is 0 Å². The molecule has 1 unspecified atom stereocenters. The number of aliphatic carboxylic acids is 1. The number of carboxylic acids is 1. The van der Waals surface area contributed by atoms with Gasteiger partial charge < -0.3 is 14.9 Å². The van der Waals surface area contributed by atoms with Gasteiger partial charge in [-0.2, -0.15) is 4.31 Å². The summed E-state index contributed by atoms with van der Waals surface area (Å²) in [6.45, 7) is 5.87. The van der Waals surface area contributed by atoms with Crippen LogP contribution < -0.4 is 0 Å². The third-order valence-corrected chi connectivity index (χ3v) is 9.22. The van der Waals surface area contributed by atoms with Gasteiger partial charge in [-0.15, -0.1) is 0 Å². The first-order valence-corrected chi connectivity index (χ1v) is 13.9. The average Bonchev–Trinajstić information content (AvgIpc) is 2.82. The molecule has 0 spiro atoms. The Morgan fingerprint density at radius 3 is 2.40 bits per heavy atom. The van der Waals surface area contributed by atoms with Gasteiger partial charge in [0, 0.05) is 36.7 Å². The average molecular weight is 522 g/mol. The molecule has 0 bridgehead atoms. The highest BCUT2D eigenvalue weighted by atomic mass is 35.5. The monoisotopic (exact) mass is 521 g/mol. The van der Waals surface area contributed by atoms with Crippen LogP contribution in [-0.4, -0.2) is 83.8 Å². The quantitative estimate of drug-likeness (QED) is 0.599. The molecule has 2 fully saturated rings. The number of sulfonamides is 1. The Kier molecular flexibility index (Phi) is 7.71. The molecule has 2 aliphatic heterocycles. The third kappa shape index (κ3) is 5.48. The van der Waals surface area contributed by atoms with Crippen molar-refractivity contribution in [3.05, 3.63) is 41.4 Å². The normalized spacial score (nSPS) is 20.8. The van der Waals surface area contributed by atoms with Gasteiger partial charge in [0.25, 0.3) is 0 Å². The van der Waals surface area contributed by atoms with E-state index in [1.165, 1.54) is 12.1 Å². The summed E-state index contributed by atoms with van der Waals surface area (Å²) in [5, 5.41) is 11.5. The molecule has 8 nitrogen and oxygen atoms in total. The summed E-state index contributed by atoms with van der Waals surface area (Å²) in [6, 6.07) is 9.15. The van der Waals surface area contributed by atoms with E-state index < -0.39 is 28.6 Å². The minimum atomic E-state index is -4.24. The van der Waals surface area contributed by atoms with E-state index in [0.717, 1.165) is 35.6 Å². The predicted octanol–water partition coefficient (Wildman–Crippen LogP) is 3.43. The standard InChI is InChI=1S/C25H32ClN3O5S/c1-17(2)27-12-9-21(10-13-27)28-11-3-4-23(25(28)32)29(16-24(30)31)35(33,34)22-8-6-18-14-20(26)7-5-19(18)15-22/h5-8,14-15,17,21,23H,3-4,9-13,16H2,1-2H3,(H,30,31). The van der Waals surface area contributed by atoms with E-state index in [1.807, 2.05) is 0 Å². The number of likely N-dealkylation sites (tertiary alicyclic amines) is 2. The van der Waals surface area contributed by atoms with Crippen molar-refractivity contribution < 1.29 is 23.1 Å². The molecule has 0 aromatic heterocycles. The van der Waals surface area contributed by atoms with Crippen molar-refractivity contribution in [2.75, 3.05) is 26.2 Å². The predicted molar refractivity (Wildman–Crippen MR) is 135 cm³/mol. The molecule has 0 radical (unpaired) electrons. The summed E-state index contributed by atoms with van der Waals surface area (Å²) in [7, 11) is -4.24. The lowest BCUT2D eigenvalue weighted by atomic mass is 9.96. The van der Waals surface area contributed by atoms with Gasteiger partial charge in [-0.3, -0.25) is 9.59 Å². The molecule has 190 valence electrons. The van der Waals surface area contributed by atoms with Crippen LogP contribution in [0.1, 0.15) is 39.5 Å². The zero-order valence-electron chi connectivity index (χ0n) is 20.1. The Bertz CT molecular complexity index is 1210. The summed E-state index contributed by atoms with van der Waals surface area (Å²) in [5.41, 5.74) is 0. The largest absolute Gasteiger partial charge is 0.480 e. The van der Waals surface area contributed by atoms with Crippen molar-refractivity contribution in [3.63, 3.8) is 0 Å². The lowest BCUT2D eigenvalue weighted by Gasteiger charge is -2.44. The fraction of sp³-hybridized carbons (Fsp3) is 0.520. The minimum absolute atomic E-state index is 0.0382. The van der Waals surface area contributed by atoms with Crippen molar-refractivity contribution >= 4 is 44.3 Å². The second kappa shape index (κ2) is 10.4. The number of piperidine rings is 2. The smallest absolute Gasteiger partial charge is 0.318 e. The number of nitrogens with zero attached hydrogens (tertiary/aromatic N) is 3. The highest BCUT2D eigenvalue weighted by Crippen LogP contribution is 2.30. The van der Waals surface area contributed by atoms with Gasteiger partial charge in [0.2, 0.25) is 15.9 Å². The van der Waals surface area contributed by atoms with Crippen molar-refractivity contribution in [1.82, 2.24) is 14.1 Å². The highest BCUT2D eigenvalue weighted by molar-refractivity contribution is 7.89. The van der Waals surface area contributed by atoms with Crippen LogP contribution in [0.5, 0.6) is 0 Å². The van der Waals surface area contributed by atoms with Crippen LogP contribution in [0, 0.1) is 0 Å². The Morgan fingerprint density at radius 1 is 1.09 bits per heavy atom. The fourth-order valence-corrected chi connectivity index (χ4v) is 6.99. The summed E-state index contributed by atoms with van der Waals surface area (Å²) < 4.78 is 28.2. The van der Waals surface area contributed by atoms with Crippen LogP contribution >= 0.6 is 11.6 Å². The summed E-state index contributed by atoms with van der Waals surface area (Å²) in [4.78, 5) is 29.4. The van der Waals surface area contributed by atoms with E-state index in [9.17, 15) is 23.1 Å². The number of carbonyl (C=O) groups is 2. The molecule has 2 saturated heterocycles. The minimum Gasteiger partial charge on any atom is -0.480 e. The Morgan fingerprint density at radius 2 is 1.74 bits per heavy atom. The number of hydrogen-bond donors (Lipinski definition) is 1. The van der Waals surface area contributed by atoms with E-state index in [2.05, 4.69) is 18.7 Å². The first-order chi connectivity index (χ1) is 16.6. The summed E-state index contributed by atoms with van der Waals surface area (Å²) in [6.07, 6.45) is 2.59. The topological polar surface area (TPSA) is 98.2 Å². The number of carboxylic acid groups (broad SMARTS) is 1. The zero-order chi connectivity index (χ0) is 25.3. The molecule has 2 heterocycles. The molecular weight excluding hydrogens is 490 g/mol. The lowest BCUT2D eigenvalue weighted by molar-refractivity contribution is -0.144. The van der Waals surface area contributed by atoms with Gasteiger partial charge in [-0.25, -0.2) is 8.42 Å². The number of amides is 1. The summed E-state index contributed by atoms with van der Waals surface area (Å²) in [5.74, 6) is -1.59. The van der Waals surface area contributed by atoms with Gasteiger partial charge in [-0.05, 0) is 74.6 Å². The number of benzene rings is 2. The first-order valence-electron chi connectivity index (χ1n) is 12.1. The van der Waals surface area contributed by atoms with Crippen LogP contribution in [0.2, 0.25) is 5.02 Å². The van der Waals surface area contributed by atoms with Gasteiger partial charge in [-0.1, -0.05) is 23.7 Å². The SMILES string of the molecule is CC(C)N1CCC(N2CCCC(N(CC(=O)O)S(=O)(=O)c3ccc4cc(Cl)ccc4c3)C2=O)CC1. The fourth-order valence-electron chi connectivity index (χ4n) is 5.21. The maximum absolute atomic E-state index is 13.7. The number of fused-ring (bicyclic) bond motifs is 1. The van der Waals surface area contributed by atoms with Crippen LogP contribution in [0.25, 0.3) is 10.8 Å². The van der Waals surface area contributed by atoms with Crippen LogP contribution in [-0.2, 0) is 19.6 Å². The van der Waals surface area contributed by atoms with E-state index >= 15 is 0 Å². The molecule has 0 saturated carbocycles. The van der Waals surface area contributed by atoms with Gasteiger partial charge in [0.15, 0.2) is 0 Å². The first kappa shape index (κ1) is 25.9. The highest BCUT2D eigenvalue weighted by Gasteiger charge is 2.43. The molecule has 1 N–H and O–H groups in total. The van der Waals surface area contributed by atoms with Crippen molar-refractivity contribution in [2.45, 2.75) is 62.6 Å². The molecule has 10 heteroatoms. The van der Waals surface area contributed by atoms with Crippen molar-refractivity contribution in [2.24, 2.45) is 0 Å². The molecule has 0 aliphatic carbocycles. The second-order valence-corrected chi connectivity index (χ2v) is 12.0. The van der Waals surface area contributed by atoms with E-state index in [4.69, 9.17) is 11.6 Å². The summed E-state index contributed by atoms with van der Waals surface area (Å²) >= 11 is 6.04. The number of rotatable bonds is 7. The maximum Gasteiger partial charge on any atom is 0.318 e. The Hall–Kier alpha value is -2.20. The molecule has 35 heavy (non-hydrogen) atoms. The maximum atomic E-state index is 13.7. The Labute approximate surface area is 211 Å². The van der Waals surface area contributed by atoms with Gasteiger partial charge in [0.05, 0.1) is 4.90 Å². The van der Waals surface area contributed by atoms with E-state index in [1.54, 1.807) is 29.2 Å². The molecule has 2 aliphatic rings. The third-order valence-electron chi connectivity index (χ3n) is 7.13. The molecule has 1 amide bonds. The molecule has 2 aromatic rings. The van der Waals surface area contributed by atoms with Crippen LogP contribution in [0.3, 0.4) is 0 Å². The number of carbonyl (C=O) groups excluding carboxylic acids is 1. The van der Waals surface area contributed by atoms with E-state index in [-0.39, 0.29) is 16.8 Å². The van der Waals surface area contributed by atoms with Crippen LogP contribution in [0.15, 0.2) is 41.3 Å². The molecule has 4 rings (SSSR count). The van der Waals surface area contributed by atoms with Gasteiger partial charge in [0.1, 0.15) is 12.6 Å². The van der Waals surface area contributed by atoms with E-state index in [0.29, 0.717) is 35.8 Å².